The number of rotatable bonds is 5. The number of amides is 1. The predicted octanol–water partition coefficient (Wildman–Crippen LogP) is 2.36. The van der Waals surface area contributed by atoms with Gasteiger partial charge in [-0.15, -0.1) is 11.8 Å². The van der Waals surface area contributed by atoms with E-state index in [2.05, 4.69) is 47.6 Å². The molecule has 1 rings (SSSR count). The van der Waals surface area contributed by atoms with Gasteiger partial charge >= 0.3 is 0 Å². The summed E-state index contributed by atoms with van der Waals surface area (Å²) in [5.74, 6) is 2.98. The summed E-state index contributed by atoms with van der Waals surface area (Å²) in [4.78, 5) is 16.5. The number of carbonyl (C=O) groups excluding carboxylic acids is 1. The fourth-order valence-electron chi connectivity index (χ4n) is 1.86. The monoisotopic (exact) mass is 347 g/mol. The van der Waals surface area contributed by atoms with Crippen molar-refractivity contribution in [2.24, 2.45) is 4.99 Å². The van der Waals surface area contributed by atoms with Gasteiger partial charge in [0.05, 0.1) is 12.5 Å². The first kappa shape index (κ1) is 24.2. The summed E-state index contributed by atoms with van der Waals surface area (Å²) >= 11 is 1.85. The van der Waals surface area contributed by atoms with Crippen LogP contribution in [0, 0.1) is 0 Å². The lowest BCUT2D eigenvalue weighted by molar-refractivity contribution is -0.108. The molecular weight excluding hydrogens is 314 g/mol. The standard InChI is InChI=1S/C11H21N3O.C3H6OS.C2H6O/c1-9(2)14(10(3)4)11(12-5)6-7-13-8-15;1-2-5-3-4-1;1-3-2/h6-10H,1-5H3,(H,13,15);1-3H2;1-2H3/b7-6-,12-11?;;. The Morgan fingerprint density at radius 3 is 2.13 bits per heavy atom. The molecule has 0 bridgehead atoms. The molecule has 6 nitrogen and oxygen atoms in total. The Hall–Kier alpha value is -1.05. The number of nitrogens with zero attached hydrogens (tertiary/aromatic N) is 2. The molecule has 1 aliphatic heterocycles. The number of hydrogen-bond acceptors (Lipinski definition) is 5. The molecule has 0 aromatic carbocycles. The minimum absolute atomic E-state index is 0.379. The second kappa shape index (κ2) is 17.3. The Morgan fingerprint density at radius 1 is 1.30 bits per heavy atom. The highest BCUT2D eigenvalue weighted by Crippen LogP contribution is 2.07. The molecule has 136 valence electrons. The molecule has 0 spiro atoms. The Bertz CT molecular complexity index is 315. The fourth-order valence-corrected chi connectivity index (χ4v) is 2.45. The summed E-state index contributed by atoms with van der Waals surface area (Å²) in [6, 6.07) is 0.758. The van der Waals surface area contributed by atoms with Crippen molar-refractivity contribution in [2.45, 2.75) is 39.8 Å². The van der Waals surface area contributed by atoms with Crippen LogP contribution in [0.3, 0.4) is 0 Å². The third-order valence-electron chi connectivity index (χ3n) is 2.54. The van der Waals surface area contributed by atoms with E-state index in [1.54, 1.807) is 33.5 Å². The second-order valence-corrected chi connectivity index (χ2v) is 6.19. The number of methoxy groups -OCH3 is 1. The third kappa shape index (κ3) is 14.3. The zero-order chi connectivity index (χ0) is 18.1. The number of ether oxygens (including phenoxy) is 2. The molecule has 1 saturated heterocycles. The molecule has 0 atom stereocenters. The highest BCUT2D eigenvalue weighted by Gasteiger charge is 2.15. The molecule has 1 heterocycles. The van der Waals surface area contributed by atoms with Crippen LogP contribution in [0.1, 0.15) is 27.7 Å². The van der Waals surface area contributed by atoms with Gasteiger partial charge in [0.15, 0.2) is 0 Å². The summed E-state index contributed by atoms with van der Waals surface area (Å²) in [7, 11) is 5.00. The van der Waals surface area contributed by atoms with Gasteiger partial charge in [-0.1, -0.05) is 0 Å². The molecule has 7 heteroatoms. The van der Waals surface area contributed by atoms with Crippen molar-refractivity contribution in [1.29, 1.82) is 0 Å². The third-order valence-corrected chi connectivity index (χ3v) is 3.33. The first-order chi connectivity index (χ1) is 11.0. The number of aliphatic imine (C=N–C) groups is 1. The summed E-state index contributed by atoms with van der Waals surface area (Å²) < 4.78 is 9.16. The van der Waals surface area contributed by atoms with E-state index in [0.29, 0.717) is 18.5 Å². The summed E-state index contributed by atoms with van der Waals surface area (Å²) in [6.45, 7) is 9.43. The molecule has 0 aromatic heterocycles. The molecule has 1 N–H and O–H groups in total. The highest BCUT2D eigenvalue weighted by atomic mass is 32.2. The molecule has 1 aliphatic rings. The van der Waals surface area contributed by atoms with Crippen LogP contribution in [0.25, 0.3) is 0 Å². The van der Waals surface area contributed by atoms with Gasteiger partial charge in [-0.2, -0.15) is 0 Å². The van der Waals surface area contributed by atoms with Crippen molar-refractivity contribution in [1.82, 2.24) is 10.2 Å². The maximum absolute atomic E-state index is 10.1. The Labute approximate surface area is 145 Å². The molecule has 0 saturated carbocycles. The van der Waals surface area contributed by atoms with Gasteiger partial charge in [0.1, 0.15) is 5.84 Å². The number of carbonyl (C=O) groups is 1. The van der Waals surface area contributed by atoms with E-state index in [0.717, 1.165) is 18.4 Å². The second-order valence-electron chi connectivity index (χ2n) is 5.14. The quantitative estimate of drug-likeness (QED) is 0.470. The molecule has 0 aromatic rings. The molecule has 0 unspecified atom stereocenters. The lowest BCUT2D eigenvalue weighted by Crippen LogP contribution is -2.41. The van der Waals surface area contributed by atoms with E-state index in [9.17, 15) is 4.79 Å². The van der Waals surface area contributed by atoms with Crippen LogP contribution in [0.2, 0.25) is 0 Å². The van der Waals surface area contributed by atoms with Crippen LogP contribution >= 0.6 is 11.8 Å². The Kier molecular flexibility index (Phi) is 18.2. The topological polar surface area (TPSA) is 63.2 Å². The largest absolute Gasteiger partial charge is 0.388 e. The average molecular weight is 348 g/mol. The van der Waals surface area contributed by atoms with Crippen molar-refractivity contribution in [2.75, 3.05) is 39.6 Å². The molecular formula is C16H33N3O3S. The SMILES string of the molecule is C1CSCO1.CN=C(/C=C\NC=O)N(C(C)C)C(C)C.COC. The van der Waals surface area contributed by atoms with Gasteiger partial charge in [0.25, 0.3) is 0 Å². The number of thioether (sulfide) groups is 1. The van der Waals surface area contributed by atoms with Gasteiger partial charge in [0.2, 0.25) is 6.41 Å². The van der Waals surface area contributed by atoms with Crippen molar-refractivity contribution < 1.29 is 14.3 Å². The number of nitrogens with one attached hydrogen (secondary N) is 1. The maximum Gasteiger partial charge on any atom is 0.211 e. The number of hydrogen-bond donors (Lipinski definition) is 1. The van der Waals surface area contributed by atoms with E-state index < -0.39 is 0 Å². The van der Waals surface area contributed by atoms with Crippen LogP contribution in [-0.4, -0.2) is 68.8 Å². The lowest BCUT2D eigenvalue weighted by atomic mass is 10.2. The summed E-state index contributed by atoms with van der Waals surface area (Å²) in [6.07, 6.45) is 4.03. The molecule has 1 amide bonds. The smallest absolute Gasteiger partial charge is 0.211 e. The van der Waals surface area contributed by atoms with Crippen LogP contribution in [0.4, 0.5) is 0 Å². The van der Waals surface area contributed by atoms with Crippen LogP contribution < -0.4 is 5.32 Å². The van der Waals surface area contributed by atoms with E-state index in [1.165, 1.54) is 5.75 Å². The summed E-state index contributed by atoms with van der Waals surface area (Å²) in [5, 5.41) is 2.48. The van der Waals surface area contributed by atoms with Crippen molar-refractivity contribution in [3.8, 4) is 0 Å². The van der Waals surface area contributed by atoms with Gasteiger partial charge in [-0.3, -0.25) is 9.79 Å². The predicted molar refractivity (Wildman–Crippen MR) is 100 cm³/mol. The van der Waals surface area contributed by atoms with Gasteiger partial charge in [-0.25, -0.2) is 0 Å². The van der Waals surface area contributed by atoms with Gasteiger partial charge < -0.3 is 19.7 Å². The molecule has 1 fully saturated rings. The van der Waals surface area contributed by atoms with E-state index in [-0.39, 0.29) is 0 Å². The van der Waals surface area contributed by atoms with Crippen molar-refractivity contribution in [3.05, 3.63) is 12.3 Å². The average Bonchev–Trinajstić information content (AvgIpc) is 3.05. The van der Waals surface area contributed by atoms with Crippen LogP contribution in [0.5, 0.6) is 0 Å². The number of amidine groups is 1. The van der Waals surface area contributed by atoms with Crippen molar-refractivity contribution in [3.63, 3.8) is 0 Å². The van der Waals surface area contributed by atoms with Crippen LogP contribution in [-0.2, 0) is 14.3 Å². The van der Waals surface area contributed by atoms with Gasteiger partial charge in [0, 0.05) is 45.3 Å². The molecule has 0 radical (unpaired) electrons. The zero-order valence-electron chi connectivity index (χ0n) is 15.5. The van der Waals surface area contributed by atoms with E-state index in [4.69, 9.17) is 4.74 Å². The fraction of sp³-hybridized carbons (Fsp3) is 0.750. The van der Waals surface area contributed by atoms with Crippen LogP contribution in [0.15, 0.2) is 17.3 Å². The van der Waals surface area contributed by atoms with Crippen molar-refractivity contribution >= 4 is 24.0 Å². The first-order valence-corrected chi connectivity index (χ1v) is 8.78. The minimum Gasteiger partial charge on any atom is -0.388 e. The Balaban J connectivity index is 0. The van der Waals surface area contributed by atoms with E-state index >= 15 is 0 Å². The first-order valence-electron chi connectivity index (χ1n) is 7.63. The maximum atomic E-state index is 10.1. The molecule has 0 aliphatic carbocycles. The lowest BCUT2D eigenvalue weighted by Gasteiger charge is -2.32. The molecule has 23 heavy (non-hydrogen) atoms. The zero-order valence-corrected chi connectivity index (χ0v) is 16.4. The summed E-state index contributed by atoms with van der Waals surface area (Å²) in [5.41, 5.74) is 0. The minimum atomic E-state index is 0.379. The van der Waals surface area contributed by atoms with E-state index in [1.807, 2.05) is 11.8 Å². The normalized spacial score (nSPS) is 14.2. The highest BCUT2D eigenvalue weighted by molar-refractivity contribution is 7.99. The Morgan fingerprint density at radius 2 is 1.87 bits per heavy atom. The van der Waals surface area contributed by atoms with Gasteiger partial charge in [-0.05, 0) is 33.8 Å².